The summed E-state index contributed by atoms with van der Waals surface area (Å²) in [7, 11) is 0. The summed E-state index contributed by atoms with van der Waals surface area (Å²) in [6, 6.07) is 14.2. The first-order valence-corrected chi connectivity index (χ1v) is 9.56. The highest BCUT2D eigenvalue weighted by molar-refractivity contribution is 8.00. The molecule has 1 amide bonds. The summed E-state index contributed by atoms with van der Waals surface area (Å²) in [6.45, 7) is 1.75. The van der Waals surface area contributed by atoms with E-state index in [1.165, 1.54) is 41.7 Å². The summed E-state index contributed by atoms with van der Waals surface area (Å²) in [5, 5.41) is 7.08. The van der Waals surface area contributed by atoms with Gasteiger partial charge in [-0.15, -0.1) is 24.2 Å². The molecule has 4 rings (SSSR count). The summed E-state index contributed by atoms with van der Waals surface area (Å²) < 4.78 is 0. The molecule has 3 nitrogen and oxygen atoms in total. The van der Waals surface area contributed by atoms with E-state index in [2.05, 4.69) is 22.8 Å². The summed E-state index contributed by atoms with van der Waals surface area (Å²) in [5.41, 5.74) is 4.10. The molecule has 0 aromatic heterocycles. The lowest BCUT2D eigenvalue weighted by Gasteiger charge is -2.10. The second-order valence-electron chi connectivity index (χ2n) is 6.59. The van der Waals surface area contributed by atoms with Gasteiger partial charge in [-0.2, -0.15) is 0 Å². The summed E-state index contributed by atoms with van der Waals surface area (Å²) in [5.74, 6) is -0.0408. The van der Waals surface area contributed by atoms with Crippen molar-refractivity contribution in [3.05, 3.63) is 59.2 Å². The molecule has 0 bridgehead atoms. The number of rotatable bonds is 4. The molecular weight excluding hydrogens is 352 g/mol. The third-order valence-corrected chi connectivity index (χ3v) is 6.17. The first-order chi connectivity index (χ1) is 11.8. The van der Waals surface area contributed by atoms with E-state index < -0.39 is 0 Å². The van der Waals surface area contributed by atoms with Gasteiger partial charge in [0.1, 0.15) is 0 Å². The van der Waals surface area contributed by atoms with Crippen molar-refractivity contribution in [2.24, 2.45) is 0 Å². The number of hydrogen-bond donors (Lipinski definition) is 2. The zero-order chi connectivity index (χ0) is 16.4. The van der Waals surface area contributed by atoms with E-state index >= 15 is 0 Å². The summed E-state index contributed by atoms with van der Waals surface area (Å²) in [6.07, 6.45) is 5.39. The number of nitrogens with one attached hydrogen (secondary N) is 2. The summed E-state index contributed by atoms with van der Waals surface area (Å²) in [4.78, 5) is 13.7. The number of fused-ring (bicyclic) bond motifs is 1. The number of thioether (sulfide) groups is 1. The Labute approximate surface area is 159 Å². The molecule has 1 aliphatic heterocycles. The molecule has 2 aliphatic rings. The van der Waals surface area contributed by atoms with E-state index in [1.807, 2.05) is 42.1 Å². The van der Waals surface area contributed by atoms with Crippen molar-refractivity contribution in [3.8, 4) is 0 Å². The SMILES string of the molecule is Cl.O=C(Nc1ccc(SC2CCCC2)cc1)c1ccc2c(c1)CNC2. The largest absolute Gasteiger partial charge is 0.322 e. The maximum Gasteiger partial charge on any atom is 0.255 e. The standard InChI is InChI=1S/C20H22N2OS.ClH/c23-20(14-5-6-15-12-21-13-16(15)11-14)22-17-7-9-19(10-8-17)24-18-3-1-2-4-18;/h5-11,18,21H,1-4,12-13H2,(H,22,23);1H. The number of halogens is 1. The Morgan fingerprint density at radius 2 is 1.72 bits per heavy atom. The van der Waals surface area contributed by atoms with E-state index in [4.69, 9.17) is 0 Å². The lowest BCUT2D eigenvalue weighted by atomic mass is 10.1. The quantitative estimate of drug-likeness (QED) is 0.791. The molecule has 1 heterocycles. The topological polar surface area (TPSA) is 41.1 Å². The molecule has 132 valence electrons. The lowest BCUT2D eigenvalue weighted by molar-refractivity contribution is 0.102. The van der Waals surface area contributed by atoms with Crippen LogP contribution in [0, 0.1) is 0 Å². The van der Waals surface area contributed by atoms with Gasteiger partial charge >= 0.3 is 0 Å². The van der Waals surface area contributed by atoms with E-state index in [0.29, 0.717) is 0 Å². The highest BCUT2D eigenvalue weighted by Crippen LogP contribution is 2.35. The Kier molecular flexibility index (Phi) is 6.05. The second kappa shape index (κ2) is 8.26. The van der Waals surface area contributed by atoms with Crippen LogP contribution in [0.15, 0.2) is 47.4 Å². The number of benzene rings is 2. The van der Waals surface area contributed by atoms with Crippen molar-refractivity contribution in [1.29, 1.82) is 0 Å². The van der Waals surface area contributed by atoms with Crippen molar-refractivity contribution in [1.82, 2.24) is 5.32 Å². The molecule has 25 heavy (non-hydrogen) atoms. The van der Waals surface area contributed by atoms with Gasteiger partial charge in [-0.1, -0.05) is 18.9 Å². The zero-order valence-corrected chi connectivity index (χ0v) is 15.7. The predicted molar refractivity (Wildman–Crippen MR) is 107 cm³/mol. The normalized spacial score (nSPS) is 16.3. The maximum absolute atomic E-state index is 12.4. The van der Waals surface area contributed by atoms with Crippen molar-refractivity contribution in [2.45, 2.75) is 48.9 Å². The van der Waals surface area contributed by atoms with Gasteiger partial charge in [0.15, 0.2) is 0 Å². The van der Waals surface area contributed by atoms with Gasteiger partial charge < -0.3 is 10.6 Å². The van der Waals surface area contributed by atoms with Crippen LogP contribution in [-0.4, -0.2) is 11.2 Å². The van der Waals surface area contributed by atoms with Crippen LogP contribution in [0.4, 0.5) is 5.69 Å². The maximum atomic E-state index is 12.4. The lowest BCUT2D eigenvalue weighted by Crippen LogP contribution is -2.12. The number of anilines is 1. The Hall–Kier alpha value is -1.49. The number of hydrogen-bond acceptors (Lipinski definition) is 3. The summed E-state index contributed by atoms with van der Waals surface area (Å²) >= 11 is 1.97. The predicted octanol–water partition coefficient (Wildman–Crippen LogP) is 5.00. The zero-order valence-electron chi connectivity index (χ0n) is 14.1. The molecule has 2 aromatic carbocycles. The molecule has 1 aliphatic carbocycles. The minimum absolute atomic E-state index is 0. The monoisotopic (exact) mass is 374 g/mol. The van der Waals surface area contributed by atoms with Crippen molar-refractivity contribution < 1.29 is 4.79 Å². The second-order valence-corrected chi connectivity index (χ2v) is 7.96. The number of amides is 1. The average molecular weight is 375 g/mol. The van der Waals surface area contributed by atoms with Crippen LogP contribution in [0.25, 0.3) is 0 Å². The number of carbonyl (C=O) groups excluding carboxylic acids is 1. The van der Waals surface area contributed by atoms with Crippen molar-refractivity contribution in [3.63, 3.8) is 0 Å². The van der Waals surface area contributed by atoms with E-state index in [-0.39, 0.29) is 18.3 Å². The van der Waals surface area contributed by atoms with Gasteiger partial charge in [-0.05, 0) is 60.4 Å². The fourth-order valence-corrected chi connectivity index (χ4v) is 4.70. The molecule has 1 saturated carbocycles. The highest BCUT2D eigenvalue weighted by Gasteiger charge is 2.16. The van der Waals surface area contributed by atoms with Gasteiger partial charge in [0.25, 0.3) is 5.91 Å². The van der Waals surface area contributed by atoms with Crippen LogP contribution >= 0.6 is 24.2 Å². The molecular formula is C20H23ClN2OS. The van der Waals surface area contributed by atoms with Gasteiger partial charge in [0.2, 0.25) is 0 Å². The average Bonchev–Trinajstić information content (AvgIpc) is 3.27. The van der Waals surface area contributed by atoms with Crippen molar-refractivity contribution in [2.75, 3.05) is 5.32 Å². The first-order valence-electron chi connectivity index (χ1n) is 8.68. The van der Waals surface area contributed by atoms with Crippen LogP contribution in [-0.2, 0) is 13.1 Å². The third-order valence-electron chi connectivity index (χ3n) is 4.82. The molecule has 5 heteroatoms. The van der Waals surface area contributed by atoms with E-state index in [1.54, 1.807) is 0 Å². The molecule has 0 saturated heterocycles. The Bertz CT molecular complexity index is 742. The first kappa shape index (κ1) is 18.3. The molecule has 0 spiro atoms. The molecule has 0 atom stereocenters. The fourth-order valence-electron chi connectivity index (χ4n) is 3.45. The minimum Gasteiger partial charge on any atom is -0.322 e. The van der Waals surface area contributed by atoms with Crippen LogP contribution in [0.3, 0.4) is 0 Å². The van der Waals surface area contributed by atoms with Gasteiger partial charge in [-0.25, -0.2) is 0 Å². The Morgan fingerprint density at radius 1 is 1.00 bits per heavy atom. The van der Waals surface area contributed by atoms with Crippen LogP contribution in [0.5, 0.6) is 0 Å². The van der Waals surface area contributed by atoms with E-state index in [9.17, 15) is 4.79 Å². The molecule has 2 N–H and O–H groups in total. The third kappa shape index (κ3) is 4.38. The molecule has 0 unspecified atom stereocenters. The fraction of sp³-hybridized carbons (Fsp3) is 0.350. The van der Waals surface area contributed by atoms with Gasteiger partial charge in [0, 0.05) is 34.5 Å². The van der Waals surface area contributed by atoms with Gasteiger partial charge in [-0.3, -0.25) is 4.79 Å². The minimum atomic E-state index is -0.0408. The number of carbonyl (C=O) groups is 1. The molecule has 1 fully saturated rings. The highest BCUT2D eigenvalue weighted by atomic mass is 35.5. The van der Waals surface area contributed by atoms with Crippen LogP contribution < -0.4 is 10.6 Å². The smallest absolute Gasteiger partial charge is 0.255 e. The van der Waals surface area contributed by atoms with Crippen LogP contribution in [0.2, 0.25) is 0 Å². The van der Waals surface area contributed by atoms with Gasteiger partial charge in [0.05, 0.1) is 0 Å². The van der Waals surface area contributed by atoms with Crippen LogP contribution in [0.1, 0.15) is 47.2 Å². The van der Waals surface area contributed by atoms with Crippen molar-refractivity contribution >= 4 is 35.8 Å². The van der Waals surface area contributed by atoms with E-state index in [0.717, 1.165) is 29.6 Å². The molecule has 2 aromatic rings. The Morgan fingerprint density at radius 3 is 2.48 bits per heavy atom. The molecule has 0 radical (unpaired) electrons. The Balaban J connectivity index is 0.00000182.